The molecule has 1 N–H and O–H groups in total. The summed E-state index contributed by atoms with van der Waals surface area (Å²) in [5, 5.41) is 11.4. The average Bonchev–Trinajstić information content (AvgIpc) is 2.32. The van der Waals surface area contributed by atoms with Crippen molar-refractivity contribution in [3.63, 3.8) is 0 Å². The number of ether oxygens (including phenoxy) is 1. The van der Waals surface area contributed by atoms with Crippen LogP contribution in [-0.2, 0) is 19.2 Å². The Hall–Kier alpha value is -1.51. The summed E-state index contributed by atoms with van der Waals surface area (Å²) >= 11 is 3.90. The van der Waals surface area contributed by atoms with Crippen molar-refractivity contribution in [2.24, 2.45) is 0 Å². The Kier molecular flexibility index (Phi) is 7.84. The Morgan fingerprint density at radius 1 is 1.44 bits per heavy atom. The molecule has 0 rings (SSSR count). The van der Waals surface area contributed by atoms with Crippen molar-refractivity contribution in [1.29, 1.82) is 0 Å². The van der Waals surface area contributed by atoms with Crippen molar-refractivity contribution in [2.45, 2.75) is 32.4 Å². The summed E-state index contributed by atoms with van der Waals surface area (Å²) < 4.78 is 4.71. The van der Waals surface area contributed by atoms with Crippen molar-refractivity contribution in [3.8, 4) is 0 Å². The van der Waals surface area contributed by atoms with Gasteiger partial charge < -0.3 is 14.9 Å². The zero-order valence-corrected chi connectivity index (χ0v) is 11.0. The summed E-state index contributed by atoms with van der Waals surface area (Å²) in [6.45, 7) is 3.34. The van der Waals surface area contributed by atoms with Crippen molar-refractivity contribution >= 4 is 24.5 Å². The number of nitrogens with one attached hydrogen (secondary N) is 1. The van der Waals surface area contributed by atoms with Crippen molar-refractivity contribution in [1.82, 2.24) is 5.32 Å². The molecule has 18 heavy (non-hydrogen) atoms. The van der Waals surface area contributed by atoms with Crippen LogP contribution >= 0.6 is 12.6 Å². The molecule has 0 aliphatic heterocycles. The highest BCUT2D eigenvalue weighted by Gasteiger charge is 2.26. The third-order valence-corrected chi connectivity index (χ3v) is 2.31. The molecule has 0 aromatic carbocycles. The van der Waals surface area contributed by atoms with Crippen molar-refractivity contribution in [2.75, 3.05) is 12.4 Å². The Labute approximate surface area is 110 Å². The molecule has 9 heteroatoms. The van der Waals surface area contributed by atoms with Crippen LogP contribution in [0.2, 0.25) is 0 Å². The second-order valence-electron chi connectivity index (χ2n) is 3.22. The van der Waals surface area contributed by atoms with Gasteiger partial charge in [-0.15, -0.1) is 10.1 Å². The number of rotatable bonds is 8. The first-order chi connectivity index (χ1) is 8.46. The Morgan fingerprint density at radius 3 is 2.44 bits per heavy atom. The fourth-order valence-electron chi connectivity index (χ4n) is 1.10. The van der Waals surface area contributed by atoms with Crippen molar-refractivity contribution in [3.05, 3.63) is 10.1 Å². The first-order valence-corrected chi connectivity index (χ1v) is 5.98. The molecule has 2 unspecified atom stereocenters. The molecule has 0 aromatic heterocycles. The number of carbonyl (C=O) groups excluding carboxylic acids is 2. The standard InChI is InChI=1S/C9H16N2O6S/c1-3-7(17-11(14)15)8(12)10-6(5-18)9(13)16-4-2/h6-7,18H,3-5H2,1-2H3,(H,10,12). The van der Waals surface area contributed by atoms with Crippen LogP contribution in [0.5, 0.6) is 0 Å². The maximum Gasteiger partial charge on any atom is 0.329 e. The normalized spacial score (nSPS) is 13.3. The van der Waals surface area contributed by atoms with Gasteiger partial charge in [0.15, 0.2) is 6.10 Å². The van der Waals surface area contributed by atoms with Crippen LogP contribution in [0.25, 0.3) is 0 Å². The Balaban J connectivity index is 4.48. The first-order valence-electron chi connectivity index (χ1n) is 5.35. The Morgan fingerprint density at radius 2 is 2.06 bits per heavy atom. The monoisotopic (exact) mass is 280 g/mol. The molecule has 0 saturated carbocycles. The van der Waals surface area contributed by atoms with E-state index in [4.69, 9.17) is 4.74 Å². The van der Waals surface area contributed by atoms with Gasteiger partial charge in [-0.05, 0) is 13.3 Å². The fourth-order valence-corrected chi connectivity index (χ4v) is 1.34. The lowest BCUT2D eigenvalue weighted by Crippen LogP contribution is -2.48. The lowest BCUT2D eigenvalue weighted by atomic mass is 10.2. The highest BCUT2D eigenvalue weighted by Crippen LogP contribution is 2.01. The molecule has 0 aliphatic carbocycles. The number of nitrogens with zero attached hydrogens (tertiary/aromatic N) is 1. The van der Waals surface area contributed by atoms with Crippen LogP contribution in [0, 0.1) is 10.1 Å². The minimum Gasteiger partial charge on any atom is -0.464 e. The summed E-state index contributed by atoms with van der Waals surface area (Å²) in [5.74, 6) is -1.36. The first kappa shape index (κ1) is 16.5. The van der Waals surface area contributed by atoms with Gasteiger partial charge >= 0.3 is 5.97 Å². The van der Waals surface area contributed by atoms with Gasteiger partial charge in [0, 0.05) is 5.75 Å². The Bertz CT molecular complexity index is 311. The maximum absolute atomic E-state index is 11.6. The SMILES string of the molecule is CCOC(=O)C(CS)NC(=O)C(CC)O[N+](=O)[O-]. The van der Waals surface area contributed by atoms with Crippen LogP contribution < -0.4 is 5.32 Å². The van der Waals surface area contributed by atoms with Gasteiger partial charge in [-0.25, -0.2) is 4.79 Å². The predicted octanol–water partition coefficient (Wildman–Crippen LogP) is -0.0490. The molecule has 2 atom stereocenters. The van der Waals surface area contributed by atoms with E-state index in [1.54, 1.807) is 13.8 Å². The molecule has 1 amide bonds. The largest absolute Gasteiger partial charge is 0.464 e. The van der Waals surface area contributed by atoms with Crippen LogP contribution in [0.3, 0.4) is 0 Å². The highest BCUT2D eigenvalue weighted by atomic mass is 32.1. The molecule has 0 saturated heterocycles. The van der Waals surface area contributed by atoms with Gasteiger partial charge in [0.1, 0.15) is 6.04 Å². The summed E-state index contributed by atoms with van der Waals surface area (Å²) in [6.07, 6.45) is -1.15. The fraction of sp³-hybridized carbons (Fsp3) is 0.778. The van der Waals surface area contributed by atoms with Crippen LogP contribution in [-0.4, -0.2) is 41.5 Å². The van der Waals surface area contributed by atoms with E-state index < -0.39 is 29.1 Å². The van der Waals surface area contributed by atoms with E-state index in [0.717, 1.165) is 0 Å². The van der Waals surface area contributed by atoms with Crippen LogP contribution in [0.15, 0.2) is 0 Å². The highest BCUT2D eigenvalue weighted by molar-refractivity contribution is 7.80. The number of amides is 1. The smallest absolute Gasteiger partial charge is 0.329 e. The molecule has 0 bridgehead atoms. The third-order valence-electron chi connectivity index (χ3n) is 1.95. The molecule has 0 radical (unpaired) electrons. The lowest BCUT2D eigenvalue weighted by molar-refractivity contribution is -0.764. The zero-order valence-electron chi connectivity index (χ0n) is 10.1. The summed E-state index contributed by atoms with van der Waals surface area (Å²) in [5.41, 5.74) is 0. The minimum absolute atomic E-state index is 0.0273. The molecule has 0 aliphatic rings. The van der Waals surface area contributed by atoms with Gasteiger partial charge in [-0.1, -0.05) is 6.92 Å². The van der Waals surface area contributed by atoms with E-state index in [2.05, 4.69) is 22.8 Å². The van der Waals surface area contributed by atoms with Gasteiger partial charge in [0.2, 0.25) is 5.91 Å². The molecular weight excluding hydrogens is 264 g/mol. The van der Waals surface area contributed by atoms with E-state index in [1.807, 2.05) is 0 Å². The lowest BCUT2D eigenvalue weighted by Gasteiger charge is -2.18. The van der Waals surface area contributed by atoms with Crippen LogP contribution in [0.4, 0.5) is 0 Å². The quantitative estimate of drug-likeness (QED) is 0.279. The van der Waals surface area contributed by atoms with Crippen molar-refractivity contribution < 1.29 is 24.3 Å². The number of hydrogen-bond acceptors (Lipinski definition) is 7. The zero-order chi connectivity index (χ0) is 14.1. The average molecular weight is 280 g/mol. The summed E-state index contributed by atoms with van der Waals surface area (Å²) in [4.78, 5) is 37.3. The van der Waals surface area contributed by atoms with E-state index in [0.29, 0.717) is 0 Å². The topological polar surface area (TPSA) is 108 Å². The third kappa shape index (κ3) is 5.71. The number of carbonyl (C=O) groups is 2. The predicted molar refractivity (Wildman–Crippen MR) is 64.6 cm³/mol. The molecule has 104 valence electrons. The summed E-state index contributed by atoms with van der Waals surface area (Å²) in [7, 11) is 0. The number of esters is 1. The van der Waals surface area contributed by atoms with Gasteiger partial charge in [-0.2, -0.15) is 12.6 Å². The molecule has 0 aromatic rings. The molecule has 0 fully saturated rings. The molecule has 0 heterocycles. The second kappa shape index (κ2) is 8.56. The van der Waals surface area contributed by atoms with E-state index in [-0.39, 0.29) is 18.8 Å². The number of thiol groups is 1. The minimum atomic E-state index is -1.25. The van der Waals surface area contributed by atoms with E-state index >= 15 is 0 Å². The van der Waals surface area contributed by atoms with Gasteiger partial charge in [0.25, 0.3) is 5.09 Å². The molecule has 0 spiro atoms. The molecule has 8 nitrogen and oxygen atoms in total. The maximum atomic E-state index is 11.6. The van der Waals surface area contributed by atoms with Gasteiger partial charge in [-0.3, -0.25) is 4.79 Å². The summed E-state index contributed by atoms with van der Waals surface area (Å²) in [6, 6.07) is -0.954. The molecular formula is C9H16N2O6S. The van der Waals surface area contributed by atoms with Gasteiger partial charge in [0.05, 0.1) is 6.61 Å². The van der Waals surface area contributed by atoms with E-state index in [1.165, 1.54) is 0 Å². The van der Waals surface area contributed by atoms with E-state index in [9.17, 15) is 19.7 Å². The second-order valence-corrected chi connectivity index (χ2v) is 3.59. The van der Waals surface area contributed by atoms with Crippen LogP contribution in [0.1, 0.15) is 20.3 Å². The number of hydrogen-bond donors (Lipinski definition) is 2.